The molecule has 2 N–H and O–H groups in total. The maximum absolute atomic E-state index is 11.3. The topological polar surface area (TPSA) is 140 Å². The van der Waals surface area contributed by atoms with Crippen molar-refractivity contribution in [2.45, 2.75) is 18.9 Å². The van der Waals surface area contributed by atoms with Crippen molar-refractivity contribution >= 4 is 27.3 Å². The highest BCUT2D eigenvalue weighted by molar-refractivity contribution is 7.91. The highest BCUT2D eigenvalue weighted by Crippen LogP contribution is 2.25. The normalized spacial score (nSPS) is 18.1. The van der Waals surface area contributed by atoms with Crippen LogP contribution in [0.2, 0.25) is 0 Å². The van der Waals surface area contributed by atoms with Crippen LogP contribution in [0.15, 0.2) is 12.3 Å². The Morgan fingerprint density at radius 3 is 2.57 bits per heavy atom. The SMILES string of the molecule is O=C(O)c1cnc(NC2CCS(=O)(=O)CC2)c([N+](=O)[O-])c1. The first-order chi connectivity index (χ1) is 9.78. The Balaban J connectivity index is 2.20. The molecule has 114 valence electrons. The molecule has 2 rings (SSSR count). The van der Waals surface area contributed by atoms with Gasteiger partial charge in [0.2, 0.25) is 5.82 Å². The fraction of sp³-hybridized carbons (Fsp3) is 0.455. The minimum atomic E-state index is -3.02. The van der Waals surface area contributed by atoms with Gasteiger partial charge in [-0.15, -0.1) is 0 Å². The number of rotatable bonds is 4. The van der Waals surface area contributed by atoms with Crippen LogP contribution in [0.4, 0.5) is 11.5 Å². The van der Waals surface area contributed by atoms with E-state index in [1.807, 2.05) is 0 Å². The van der Waals surface area contributed by atoms with Crippen LogP contribution in [0.25, 0.3) is 0 Å². The molecular weight excluding hydrogens is 302 g/mol. The lowest BCUT2D eigenvalue weighted by atomic mass is 10.1. The second-order valence-electron chi connectivity index (χ2n) is 4.72. The quantitative estimate of drug-likeness (QED) is 0.610. The minimum absolute atomic E-state index is 0.0195. The van der Waals surface area contributed by atoms with E-state index in [-0.39, 0.29) is 28.9 Å². The van der Waals surface area contributed by atoms with E-state index >= 15 is 0 Å². The molecule has 9 nitrogen and oxygen atoms in total. The number of aromatic carboxylic acids is 1. The van der Waals surface area contributed by atoms with Crippen molar-refractivity contribution in [1.29, 1.82) is 0 Å². The van der Waals surface area contributed by atoms with Crippen molar-refractivity contribution < 1.29 is 23.2 Å². The summed E-state index contributed by atoms with van der Waals surface area (Å²) in [5.41, 5.74) is -0.721. The highest BCUT2D eigenvalue weighted by atomic mass is 32.2. The van der Waals surface area contributed by atoms with E-state index in [1.54, 1.807) is 0 Å². The van der Waals surface area contributed by atoms with Crippen molar-refractivity contribution in [1.82, 2.24) is 4.98 Å². The summed E-state index contributed by atoms with van der Waals surface area (Å²) in [4.78, 5) is 24.8. The van der Waals surface area contributed by atoms with E-state index in [0.717, 1.165) is 12.3 Å². The zero-order chi connectivity index (χ0) is 15.6. The number of pyridine rings is 1. The molecule has 10 heteroatoms. The Morgan fingerprint density at radius 2 is 2.05 bits per heavy atom. The Bertz CT molecular complexity index is 673. The zero-order valence-corrected chi connectivity index (χ0v) is 11.7. The molecule has 1 fully saturated rings. The second kappa shape index (κ2) is 5.64. The summed E-state index contributed by atoms with van der Waals surface area (Å²) < 4.78 is 22.7. The van der Waals surface area contributed by atoms with Gasteiger partial charge >= 0.3 is 11.7 Å². The van der Waals surface area contributed by atoms with Gasteiger partial charge in [-0.05, 0) is 12.8 Å². The monoisotopic (exact) mass is 315 g/mol. The van der Waals surface area contributed by atoms with Crippen molar-refractivity contribution in [3.05, 3.63) is 27.9 Å². The first-order valence-corrected chi connectivity index (χ1v) is 7.95. The summed E-state index contributed by atoms with van der Waals surface area (Å²) in [6.45, 7) is 0. The second-order valence-corrected chi connectivity index (χ2v) is 7.03. The number of sulfone groups is 1. The summed E-state index contributed by atoms with van der Waals surface area (Å²) >= 11 is 0. The maximum atomic E-state index is 11.3. The standard InChI is InChI=1S/C11H13N3O6S/c15-11(16)7-5-9(14(17)18)10(12-6-7)13-8-1-3-21(19,20)4-2-8/h5-6,8H,1-4H2,(H,12,13)(H,15,16). The van der Waals surface area contributed by atoms with Gasteiger partial charge in [0.1, 0.15) is 9.84 Å². The average molecular weight is 315 g/mol. The van der Waals surface area contributed by atoms with E-state index in [1.165, 1.54) is 0 Å². The van der Waals surface area contributed by atoms with Crippen molar-refractivity contribution in [3.8, 4) is 0 Å². The smallest absolute Gasteiger partial charge is 0.337 e. The predicted octanol–water partition coefficient (Wildman–Crippen LogP) is 0.677. The molecule has 0 spiro atoms. The van der Waals surface area contributed by atoms with Crippen LogP contribution in [-0.2, 0) is 9.84 Å². The van der Waals surface area contributed by atoms with Crippen LogP contribution in [0, 0.1) is 10.1 Å². The third kappa shape index (κ3) is 3.66. The molecule has 1 aliphatic rings. The van der Waals surface area contributed by atoms with E-state index in [2.05, 4.69) is 10.3 Å². The molecule has 0 radical (unpaired) electrons. The maximum Gasteiger partial charge on any atom is 0.337 e. The number of hydrogen-bond donors (Lipinski definition) is 2. The molecule has 0 aromatic carbocycles. The van der Waals surface area contributed by atoms with Crippen molar-refractivity contribution in [2.75, 3.05) is 16.8 Å². The summed E-state index contributed by atoms with van der Waals surface area (Å²) in [6, 6.07) is 0.687. The van der Waals surface area contributed by atoms with E-state index in [4.69, 9.17) is 5.11 Å². The summed E-state index contributed by atoms with van der Waals surface area (Å²) in [5.74, 6) is -1.31. The van der Waals surface area contributed by atoms with Crippen LogP contribution in [0.3, 0.4) is 0 Å². The highest BCUT2D eigenvalue weighted by Gasteiger charge is 2.26. The lowest BCUT2D eigenvalue weighted by Gasteiger charge is -2.23. The molecule has 0 saturated carbocycles. The number of anilines is 1. The largest absolute Gasteiger partial charge is 0.478 e. The van der Waals surface area contributed by atoms with E-state index in [9.17, 15) is 23.3 Å². The van der Waals surface area contributed by atoms with Crippen LogP contribution in [0.1, 0.15) is 23.2 Å². The first kappa shape index (κ1) is 15.2. The average Bonchev–Trinajstić information content (AvgIpc) is 2.41. The number of aromatic nitrogens is 1. The Morgan fingerprint density at radius 1 is 1.43 bits per heavy atom. The number of nitro groups is 1. The Labute approximate surface area is 120 Å². The van der Waals surface area contributed by atoms with E-state index in [0.29, 0.717) is 12.8 Å². The third-order valence-corrected chi connectivity index (χ3v) is 4.92. The van der Waals surface area contributed by atoms with Crippen LogP contribution in [-0.4, -0.2) is 46.9 Å². The molecule has 1 aromatic heterocycles. The lowest BCUT2D eigenvalue weighted by molar-refractivity contribution is -0.384. The number of carboxylic acids is 1. The molecule has 1 aliphatic heterocycles. The van der Waals surface area contributed by atoms with Crippen molar-refractivity contribution in [2.24, 2.45) is 0 Å². The van der Waals surface area contributed by atoms with Gasteiger partial charge < -0.3 is 10.4 Å². The summed E-state index contributed by atoms with van der Waals surface area (Å²) in [6.07, 6.45) is 1.70. The summed E-state index contributed by atoms with van der Waals surface area (Å²) in [7, 11) is -3.02. The molecule has 1 saturated heterocycles. The van der Waals surface area contributed by atoms with Gasteiger partial charge in [0, 0.05) is 18.3 Å². The molecule has 0 aliphatic carbocycles. The molecule has 0 amide bonds. The van der Waals surface area contributed by atoms with Gasteiger partial charge in [-0.1, -0.05) is 0 Å². The number of nitrogens with zero attached hydrogens (tertiary/aromatic N) is 2. The fourth-order valence-corrected chi connectivity index (χ4v) is 3.54. The zero-order valence-electron chi connectivity index (χ0n) is 10.9. The minimum Gasteiger partial charge on any atom is -0.478 e. The predicted molar refractivity (Wildman–Crippen MR) is 73.1 cm³/mol. The lowest BCUT2D eigenvalue weighted by Crippen LogP contribution is -2.32. The fourth-order valence-electron chi connectivity index (χ4n) is 2.05. The number of nitrogens with one attached hydrogen (secondary N) is 1. The molecule has 21 heavy (non-hydrogen) atoms. The molecular formula is C11H13N3O6S. The number of hydrogen-bond acceptors (Lipinski definition) is 7. The van der Waals surface area contributed by atoms with Crippen LogP contribution >= 0.6 is 0 Å². The molecule has 0 bridgehead atoms. The summed E-state index contributed by atoms with van der Waals surface area (Å²) in [5, 5.41) is 22.6. The molecule has 0 unspecified atom stereocenters. The van der Waals surface area contributed by atoms with E-state index < -0.39 is 26.4 Å². The molecule has 0 atom stereocenters. The van der Waals surface area contributed by atoms with Gasteiger partial charge in [-0.25, -0.2) is 18.2 Å². The van der Waals surface area contributed by atoms with Crippen molar-refractivity contribution in [3.63, 3.8) is 0 Å². The number of carbonyl (C=O) groups is 1. The van der Waals surface area contributed by atoms with Gasteiger partial charge in [0.05, 0.1) is 22.0 Å². The van der Waals surface area contributed by atoms with Gasteiger partial charge in [0.15, 0.2) is 0 Å². The third-order valence-electron chi connectivity index (χ3n) is 3.21. The van der Waals surface area contributed by atoms with Gasteiger partial charge in [-0.3, -0.25) is 10.1 Å². The Hall–Kier alpha value is -2.23. The Kier molecular flexibility index (Phi) is 4.07. The molecule has 2 heterocycles. The first-order valence-electron chi connectivity index (χ1n) is 6.13. The van der Waals surface area contributed by atoms with Gasteiger partial charge in [-0.2, -0.15) is 0 Å². The molecule has 1 aromatic rings. The van der Waals surface area contributed by atoms with Crippen LogP contribution in [0.5, 0.6) is 0 Å². The van der Waals surface area contributed by atoms with Crippen LogP contribution < -0.4 is 5.32 Å². The number of carboxylic acid groups (broad SMARTS) is 1. The van der Waals surface area contributed by atoms with Gasteiger partial charge in [0.25, 0.3) is 0 Å².